The van der Waals surface area contributed by atoms with Crippen LogP contribution in [0.25, 0.3) is 22.3 Å². The highest BCUT2D eigenvalue weighted by molar-refractivity contribution is 6.32. The van der Waals surface area contributed by atoms with Gasteiger partial charge in [0.15, 0.2) is 11.5 Å². The van der Waals surface area contributed by atoms with Gasteiger partial charge < -0.3 is 19.9 Å². The van der Waals surface area contributed by atoms with E-state index >= 15 is 0 Å². The highest BCUT2D eigenvalue weighted by Gasteiger charge is 2.22. The minimum absolute atomic E-state index is 0.177. The van der Waals surface area contributed by atoms with Crippen molar-refractivity contribution in [1.29, 1.82) is 0 Å². The minimum Gasteiger partial charge on any atom is -0.496 e. The molecule has 1 aromatic carbocycles. The number of halogens is 1. The van der Waals surface area contributed by atoms with Gasteiger partial charge in [-0.25, -0.2) is 24.9 Å². The molecule has 0 aliphatic carbocycles. The van der Waals surface area contributed by atoms with Crippen LogP contribution in [0.4, 0.5) is 11.8 Å². The van der Waals surface area contributed by atoms with Crippen LogP contribution in [0.2, 0.25) is 5.02 Å². The predicted octanol–water partition coefficient (Wildman–Crippen LogP) is 4.02. The number of imidazole rings is 1. The molecule has 0 aliphatic heterocycles. The van der Waals surface area contributed by atoms with E-state index in [0.717, 1.165) is 22.3 Å². The van der Waals surface area contributed by atoms with Crippen LogP contribution < -0.4 is 15.0 Å². The van der Waals surface area contributed by atoms with Crippen LogP contribution in [0.3, 0.4) is 0 Å². The zero-order valence-corrected chi connectivity index (χ0v) is 18.7. The van der Waals surface area contributed by atoms with Crippen LogP contribution >= 0.6 is 11.6 Å². The van der Waals surface area contributed by atoms with Crippen LogP contribution in [0.15, 0.2) is 31.1 Å². The fraction of sp³-hybridized carbons (Fsp3) is 0.286. The van der Waals surface area contributed by atoms with E-state index < -0.39 is 0 Å². The van der Waals surface area contributed by atoms with Gasteiger partial charge in [-0.05, 0) is 25.5 Å². The molecule has 0 spiro atoms. The van der Waals surface area contributed by atoms with E-state index in [9.17, 15) is 0 Å². The molecule has 4 aromatic rings. The van der Waals surface area contributed by atoms with Crippen molar-refractivity contribution in [3.8, 4) is 16.9 Å². The van der Waals surface area contributed by atoms with Gasteiger partial charge in [0.2, 0.25) is 5.95 Å². The molecule has 3 aromatic heterocycles. The van der Waals surface area contributed by atoms with Crippen LogP contribution in [0, 0.1) is 6.92 Å². The van der Waals surface area contributed by atoms with Gasteiger partial charge in [0.05, 0.1) is 19.5 Å². The molecule has 31 heavy (non-hydrogen) atoms. The van der Waals surface area contributed by atoms with Gasteiger partial charge >= 0.3 is 0 Å². The highest BCUT2D eigenvalue weighted by atomic mass is 35.5. The average molecular weight is 439 g/mol. The fourth-order valence-corrected chi connectivity index (χ4v) is 3.68. The van der Waals surface area contributed by atoms with Crippen LogP contribution in [0.5, 0.6) is 5.75 Å². The standard InChI is InChI=1S/C21H23ClN8O/c1-11-15(22)6-14(12(2)29-20-17-19(26-9-25-17)27-10-28-20)18(31-5)16(11)13-7-23-21(24-8-13)30(3)4/h6-10,12H,1-5H3,(H2,25,26,27,28,29). The van der Waals surface area contributed by atoms with E-state index in [1.807, 2.05) is 38.9 Å². The number of benzene rings is 1. The number of H-pyrrole nitrogens is 1. The molecular formula is C21H23ClN8O. The van der Waals surface area contributed by atoms with Crippen LogP contribution in [-0.2, 0) is 0 Å². The Balaban J connectivity index is 1.78. The third-order valence-electron chi connectivity index (χ3n) is 5.07. The summed E-state index contributed by atoms with van der Waals surface area (Å²) in [6.07, 6.45) is 6.64. The molecule has 0 amide bonds. The summed E-state index contributed by atoms with van der Waals surface area (Å²) >= 11 is 6.63. The Hall–Kier alpha value is -3.46. The summed E-state index contributed by atoms with van der Waals surface area (Å²) in [5, 5.41) is 4.03. The van der Waals surface area contributed by atoms with Crippen LogP contribution in [-0.4, -0.2) is 51.1 Å². The number of aromatic nitrogens is 6. The topological polar surface area (TPSA) is 105 Å². The number of anilines is 2. The smallest absolute Gasteiger partial charge is 0.224 e. The second-order valence-electron chi connectivity index (χ2n) is 7.34. The lowest BCUT2D eigenvalue weighted by atomic mass is 9.95. The molecule has 1 unspecified atom stereocenters. The lowest BCUT2D eigenvalue weighted by Gasteiger charge is -2.22. The zero-order chi connectivity index (χ0) is 22.1. The first-order valence-electron chi connectivity index (χ1n) is 9.68. The summed E-state index contributed by atoms with van der Waals surface area (Å²) in [7, 11) is 5.44. The number of nitrogens with one attached hydrogen (secondary N) is 2. The number of fused-ring (bicyclic) bond motifs is 1. The maximum atomic E-state index is 6.63. The molecular weight excluding hydrogens is 416 g/mol. The number of rotatable bonds is 6. The molecule has 0 bridgehead atoms. The van der Waals surface area contributed by atoms with Crippen molar-refractivity contribution < 1.29 is 4.74 Å². The monoisotopic (exact) mass is 438 g/mol. The maximum absolute atomic E-state index is 6.63. The second kappa shape index (κ2) is 8.35. The Morgan fingerprint density at radius 2 is 1.87 bits per heavy atom. The highest BCUT2D eigenvalue weighted by Crippen LogP contribution is 2.42. The van der Waals surface area contributed by atoms with Crippen molar-refractivity contribution in [2.24, 2.45) is 0 Å². The summed E-state index contributed by atoms with van der Waals surface area (Å²) in [5.74, 6) is 1.96. The van der Waals surface area contributed by atoms with E-state index in [0.29, 0.717) is 33.7 Å². The Morgan fingerprint density at radius 1 is 1.13 bits per heavy atom. The van der Waals surface area contributed by atoms with E-state index in [-0.39, 0.29) is 6.04 Å². The van der Waals surface area contributed by atoms with Crippen LogP contribution in [0.1, 0.15) is 24.1 Å². The first-order valence-corrected chi connectivity index (χ1v) is 10.1. The van der Waals surface area contributed by atoms with Gasteiger partial charge in [-0.2, -0.15) is 0 Å². The fourth-order valence-electron chi connectivity index (χ4n) is 3.47. The normalized spacial score (nSPS) is 12.1. The molecule has 1 atom stereocenters. The lowest BCUT2D eigenvalue weighted by molar-refractivity contribution is 0.409. The maximum Gasteiger partial charge on any atom is 0.224 e. The van der Waals surface area contributed by atoms with Crippen molar-refractivity contribution in [3.63, 3.8) is 0 Å². The second-order valence-corrected chi connectivity index (χ2v) is 7.74. The first-order chi connectivity index (χ1) is 14.9. The third kappa shape index (κ3) is 3.84. The van der Waals surface area contributed by atoms with Gasteiger partial charge in [0.1, 0.15) is 17.6 Å². The number of ether oxygens (including phenoxy) is 1. The zero-order valence-electron chi connectivity index (χ0n) is 17.9. The minimum atomic E-state index is -0.177. The third-order valence-corrected chi connectivity index (χ3v) is 5.47. The predicted molar refractivity (Wildman–Crippen MR) is 122 cm³/mol. The number of hydrogen-bond donors (Lipinski definition) is 2. The molecule has 160 valence electrons. The number of nitrogens with zero attached hydrogens (tertiary/aromatic N) is 6. The van der Waals surface area contributed by atoms with Crippen molar-refractivity contribution in [1.82, 2.24) is 29.9 Å². The summed E-state index contributed by atoms with van der Waals surface area (Å²) in [4.78, 5) is 26.6. The van der Waals surface area contributed by atoms with Gasteiger partial charge in [-0.15, -0.1) is 0 Å². The van der Waals surface area contributed by atoms with Gasteiger partial charge in [-0.3, -0.25) is 0 Å². The van der Waals surface area contributed by atoms with E-state index in [1.165, 1.54) is 6.33 Å². The Kier molecular flexibility index (Phi) is 5.60. The molecule has 0 radical (unpaired) electrons. The van der Waals surface area contributed by atoms with Gasteiger partial charge in [-0.1, -0.05) is 11.6 Å². The van der Waals surface area contributed by atoms with Crippen molar-refractivity contribution in [3.05, 3.63) is 47.3 Å². The SMILES string of the molecule is COc1c(C(C)Nc2ncnc3[nH]cnc23)cc(Cl)c(C)c1-c1cnc(N(C)C)nc1. The molecule has 0 fully saturated rings. The number of aromatic amines is 1. The van der Waals surface area contributed by atoms with Crippen molar-refractivity contribution in [2.45, 2.75) is 19.9 Å². The van der Waals surface area contributed by atoms with E-state index in [1.54, 1.807) is 25.8 Å². The Morgan fingerprint density at radius 3 is 2.55 bits per heavy atom. The van der Waals surface area contributed by atoms with E-state index in [4.69, 9.17) is 16.3 Å². The molecule has 0 aliphatic rings. The molecule has 2 N–H and O–H groups in total. The summed E-state index contributed by atoms with van der Waals surface area (Å²) in [5.41, 5.74) is 4.79. The first kappa shape index (κ1) is 20.8. The van der Waals surface area contributed by atoms with Crippen molar-refractivity contribution in [2.75, 3.05) is 31.4 Å². The molecule has 0 saturated heterocycles. The summed E-state index contributed by atoms with van der Waals surface area (Å²) < 4.78 is 5.86. The molecule has 3 heterocycles. The average Bonchev–Trinajstić information content (AvgIpc) is 3.25. The van der Waals surface area contributed by atoms with E-state index in [2.05, 4.69) is 35.2 Å². The lowest BCUT2D eigenvalue weighted by Crippen LogP contribution is -2.13. The van der Waals surface area contributed by atoms with Gasteiger partial charge in [0.25, 0.3) is 0 Å². The Bertz CT molecular complexity index is 1220. The number of methoxy groups -OCH3 is 1. The molecule has 4 rings (SSSR count). The van der Waals surface area contributed by atoms with Gasteiger partial charge in [0, 0.05) is 48.2 Å². The quantitative estimate of drug-likeness (QED) is 0.465. The molecule has 0 saturated carbocycles. The Labute approximate surface area is 184 Å². The van der Waals surface area contributed by atoms with Crippen molar-refractivity contribution >= 4 is 34.5 Å². The molecule has 10 heteroatoms. The molecule has 9 nitrogen and oxygen atoms in total. The summed E-state index contributed by atoms with van der Waals surface area (Å²) in [6, 6.07) is 1.73. The summed E-state index contributed by atoms with van der Waals surface area (Å²) in [6.45, 7) is 3.97. The largest absolute Gasteiger partial charge is 0.496 e. The number of hydrogen-bond acceptors (Lipinski definition) is 8.